The molecule has 0 bridgehead atoms. The summed E-state index contributed by atoms with van der Waals surface area (Å²) in [5, 5.41) is 6.33. The van der Waals surface area contributed by atoms with E-state index in [0.29, 0.717) is 5.92 Å². The lowest BCUT2D eigenvalue weighted by Gasteiger charge is -2.46. The zero-order chi connectivity index (χ0) is 40.5. The predicted molar refractivity (Wildman–Crippen MR) is 261 cm³/mol. The van der Waals surface area contributed by atoms with Crippen LogP contribution in [0.2, 0.25) is 0 Å². The van der Waals surface area contributed by atoms with E-state index in [0.717, 1.165) is 17.1 Å². The number of thiophene rings is 1. The largest absolute Gasteiger partial charge is 0.309 e. The number of rotatable bonds is 4. The van der Waals surface area contributed by atoms with Gasteiger partial charge in [0.1, 0.15) is 0 Å². The normalized spacial score (nSPS) is 15.9. The van der Waals surface area contributed by atoms with E-state index in [1.807, 2.05) is 11.3 Å². The Morgan fingerprint density at radius 1 is 0.576 bits per heavy atom. The molecule has 7 aromatic carbocycles. The molecule has 11 rings (SSSR count). The van der Waals surface area contributed by atoms with Crippen LogP contribution in [0.3, 0.4) is 0 Å². The summed E-state index contributed by atoms with van der Waals surface area (Å²) in [4.78, 5) is 5.10. The number of para-hydroxylation sites is 2. The number of nitrogens with zero attached hydrogens (tertiary/aromatic N) is 3. The molecule has 2 aromatic heterocycles. The number of hydrogen-bond acceptors (Lipinski definition) is 4. The molecule has 0 saturated carbocycles. The fraction of sp³-hybridized carbons (Fsp3) is 0.170. The first-order valence-electron chi connectivity index (χ1n) is 20.6. The van der Waals surface area contributed by atoms with E-state index in [2.05, 4.69) is 208 Å². The van der Waals surface area contributed by atoms with Crippen LogP contribution >= 0.6 is 17.4 Å². The molecule has 2 aliphatic heterocycles. The van der Waals surface area contributed by atoms with E-state index in [-0.39, 0.29) is 5.41 Å². The zero-order valence-electron chi connectivity index (χ0n) is 34.5. The van der Waals surface area contributed by atoms with Crippen molar-refractivity contribution >= 4 is 110 Å². The number of anilines is 6. The monoisotopic (exact) mass is 819 g/mol. The zero-order valence-corrected chi connectivity index (χ0v) is 37.1. The van der Waals surface area contributed by atoms with Crippen molar-refractivity contribution in [2.45, 2.75) is 59.8 Å². The molecular formula is C53H46N3PS2. The van der Waals surface area contributed by atoms with E-state index >= 15 is 0 Å². The molecule has 2 aliphatic rings. The molecule has 9 aromatic rings. The molecule has 6 heteroatoms. The van der Waals surface area contributed by atoms with Crippen molar-refractivity contribution in [2.24, 2.45) is 0 Å². The van der Waals surface area contributed by atoms with Crippen molar-refractivity contribution in [1.29, 1.82) is 0 Å². The van der Waals surface area contributed by atoms with Gasteiger partial charge in [-0.2, -0.15) is 0 Å². The van der Waals surface area contributed by atoms with Gasteiger partial charge in [-0.15, -0.1) is 11.3 Å². The van der Waals surface area contributed by atoms with Gasteiger partial charge >= 0.3 is 0 Å². The second kappa shape index (κ2) is 13.0. The molecule has 3 nitrogen and oxygen atoms in total. The molecule has 1 atom stereocenters. The maximum absolute atomic E-state index is 7.52. The van der Waals surface area contributed by atoms with Crippen molar-refractivity contribution in [1.82, 2.24) is 4.57 Å². The van der Waals surface area contributed by atoms with Crippen LogP contribution in [0, 0.1) is 13.8 Å². The smallest absolute Gasteiger partial charge is 0.0739 e. The van der Waals surface area contributed by atoms with Gasteiger partial charge in [-0.25, -0.2) is 0 Å². The van der Waals surface area contributed by atoms with Gasteiger partial charge in [-0.1, -0.05) is 124 Å². The Balaban J connectivity index is 1.29. The van der Waals surface area contributed by atoms with Crippen LogP contribution in [-0.4, -0.2) is 4.57 Å². The number of fused-ring (bicyclic) bond motifs is 9. The fourth-order valence-corrected chi connectivity index (χ4v) is 16.2. The van der Waals surface area contributed by atoms with Crippen LogP contribution < -0.4 is 25.0 Å². The first-order chi connectivity index (χ1) is 28.4. The van der Waals surface area contributed by atoms with Gasteiger partial charge in [0.15, 0.2) is 0 Å². The van der Waals surface area contributed by atoms with Crippen LogP contribution in [0.15, 0.2) is 146 Å². The summed E-state index contributed by atoms with van der Waals surface area (Å²) in [5.74, 6) is 0.299. The lowest BCUT2D eigenvalue weighted by molar-refractivity contribution is 0.591. The Bertz CT molecular complexity index is 3180. The average molecular weight is 820 g/mol. The highest BCUT2D eigenvalue weighted by molar-refractivity contribution is 8.27. The third-order valence-electron chi connectivity index (χ3n) is 12.5. The molecule has 1 unspecified atom stereocenters. The van der Waals surface area contributed by atoms with E-state index in [4.69, 9.17) is 11.8 Å². The Hall–Kier alpha value is -5.45. The van der Waals surface area contributed by atoms with Crippen molar-refractivity contribution in [2.75, 3.05) is 9.80 Å². The van der Waals surface area contributed by atoms with E-state index in [1.54, 1.807) is 0 Å². The van der Waals surface area contributed by atoms with Gasteiger partial charge in [-0.3, -0.25) is 0 Å². The Labute approximate surface area is 356 Å². The van der Waals surface area contributed by atoms with Crippen LogP contribution in [-0.2, 0) is 17.2 Å². The van der Waals surface area contributed by atoms with Gasteiger partial charge in [0.05, 0.1) is 44.4 Å². The highest BCUT2D eigenvalue weighted by Crippen LogP contribution is 2.64. The quantitative estimate of drug-likeness (QED) is 0.164. The predicted octanol–water partition coefficient (Wildman–Crippen LogP) is 14.4. The average Bonchev–Trinajstić information content (AvgIpc) is 3.78. The Kier molecular flexibility index (Phi) is 8.08. The molecule has 0 saturated heterocycles. The first-order valence-corrected chi connectivity index (χ1v) is 24.3. The van der Waals surface area contributed by atoms with Crippen molar-refractivity contribution in [3.05, 3.63) is 168 Å². The second-order valence-electron chi connectivity index (χ2n) is 17.8. The van der Waals surface area contributed by atoms with Crippen LogP contribution in [0.5, 0.6) is 0 Å². The molecule has 0 aliphatic carbocycles. The maximum Gasteiger partial charge on any atom is 0.0739 e. The van der Waals surface area contributed by atoms with E-state index in [1.165, 1.54) is 92.1 Å². The summed E-state index contributed by atoms with van der Waals surface area (Å²) in [7, 11) is 0. The van der Waals surface area contributed by atoms with Crippen molar-refractivity contribution in [3.63, 3.8) is 0 Å². The number of hydrogen-bond donors (Lipinski definition) is 0. The Morgan fingerprint density at radius 3 is 1.73 bits per heavy atom. The second-order valence-corrected chi connectivity index (χ2v) is 23.4. The summed E-state index contributed by atoms with van der Waals surface area (Å²) in [6.45, 7) is 15.9. The van der Waals surface area contributed by atoms with Crippen LogP contribution in [0.1, 0.15) is 62.8 Å². The minimum absolute atomic E-state index is 0.00175. The Morgan fingerprint density at radius 2 is 1.14 bits per heavy atom. The van der Waals surface area contributed by atoms with Gasteiger partial charge < -0.3 is 14.4 Å². The summed E-state index contributed by atoms with van der Waals surface area (Å²) in [6.07, 6.45) is 0. The number of benzene rings is 7. The van der Waals surface area contributed by atoms with Gasteiger partial charge in [0.25, 0.3) is 0 Å². The van der Waals surface area contributed by atoms with Gasteiger partial charge in [0, 0.05) is 48.5 Å². The lowest BCUT2D eigenvalue weighted by Crippen LogP contribution is -2.42. The maximum atomic E-state index is 7.52. The molecule has 290 valence electrons. The summed E-state index contributed by atoms with van der Waals surface area (Å²) < 4.78 is 5.04. The van der Waals surface area contributed by atoms with Crippen molar-refractivity contribution < 1.29 is 0 Å². The topological polar surface area (TPSA) is 11.4 Å². The standard InChI is InChI=1S/C53H46N3PS2/c1-32(2)35-28-46-51-47(29-35)56(38-23-18-34(4)19-24-38)50-42-30-36(53(5,6)7)20-27-49(42)59-52(50)57(51,58)48-26-25-39(31-45(48)54(46)37-21-16-33(3)17-22-37)55-43-14-10-8-12-40(43)41-13-9-11-15-44(41)55/h8-32H,1-7H3. The third kappa shape index (κ3) is 5.34. The fourth-order valence-electron chi connectivity index (χ4n) is 9.40. The number of aryl methyl sites for hydroxylation is 2. The van der Waals surface area contributed by atoms with Gasteiger partial charge in [0.2, 0.25) is 0 Å². The first kappa shape index (κ1) is 36.6. The van der Waals surface area contributed by atoms with E-state index < -0.39 is 6.04 Å². The molecule has 0 spiro atoms. The minimum atomic E-state index is -2.66. The highest BCUT2D eigenvalue weighted by Gasteiger charge is 2.48. The molecule has 0 N–H and O–H groups in total. The van der Waals surface area contributed by atoms with Crippen LogP contribution in [0.4, 0.5) is 34.1 Å². The third-order valence-corrected chi connectivity index (χ3v) is 19.6. The van der Waals surface area contributed by atoms with E-state index in [9.17, 15) is 0 Å². The summed E-state index contributed by atoms with van der Waals surface area (Å²) in [5.41, 5.74) is 15.8. The molecule has 0 fully saturated rings. The lowest BCUT2D eigenvalue weighted by atomic mass is 9.86. The SMILES string of the molecule is Cc1ccc(N2c3cc(-n4c5ccccc5c5ccccc54)ccc3P3(=S)c4sc5ccc(C(C)(C)C)cc5c4N(c4ccc(C)cc4)c4cc(C(C)C)cc2c43)cc1. The van der Waals surface area contributed by atoms with Crippen molar-refractivity contribution in [3.8, 4) is 5.69 Å². The molecular weight excluding hydrogens is 774 g/mol. The molecule has 4 heterocycles. The molecule has 0 radical (unpaired) electrons. The molecule has 0 amide bonds. The summed E-state index contributed by atoms with van der Waals surface area (Å²) in [6, 6.07) is 52.3. The molecule has 59 heavy (non-hydrogen) atoms. The minimum Gasteiger partial charge on any atom is -0.309 e. The highest BCUT2D eigenvalue weighted by atomic mass is 32.4. The van der Waals surface area contributed by atoms with Gasteiger partial charge in [-0.05, 0) is 115 Å². The summed E-state index contributed by atoms with van der Waals surface area (Å²) >= 11 is 9.44. The van der Waals surface area contributed by atoms with Crippen LogP contribution in [0.25, 0.3) is 37.6 Å². The number of aromatic nitrogens is 1.